The van der Waals surface area contributed by atoms with Gasteiger partial charge < -0.3 is 8.94 Å². The number of aryl methyl sites for hydroxylation is 2. The molecule has 3 aromatic rings. The van der Waals surface area contributed by atoms with Gasteiger partial charge in [0.05, 0.1) is 10.1 Å². The van der Waals surface area contributed by atoms with Crippen LogP contribution in [0.1, 0.15) is 61.5 Å². The molecule has 2 atom stereocenters. The summed E-state index contributed by atoms with van der Waals surface area (Å²) in [6, 6.07) is 2.24. The number of aromatic nitrogens is 4. The summed E-state index contributed by atoms with van der Waals surface area (Å²) in [5.41, 5.74) is 1.79. The van der Waals surface area contributed by atoms with Gasteiger partial charge in [-0.3, -0.25) is 0 Å². The average molecular weight is 405 g/mol. The maximum Gasteiger partial charge on any atom is 0.277 e. The molecule has 3 heterocycles. The normalized spacial score (nSPS) is 18.5. The van der Waals surface area contributed by atoms with E-state index < -0.39 is 0 Å². The molecule has 8 heteroatoms. The van der Waals surface area contributed by atoms with Crippen LogP contribution < -0.4 is 0 Å². The standard InChI is InChI=1S/C19H24N4O2S2/c1-10(16-20-11(2)23-25-16)26-18-22-21-17(24-18)15-9-12-8-13(19(3,4)5)6-7-14(12)27-15/h9-10,13H,6-8H2,1-5H3. The maximum absolute atomic E-state index is 5.90. The Kier molecular flexibility index (Phi) is 4.88. The Morgan fingerprint density at radius 2 is 2.11 bits per heavy atom. The lowest BCUT2D eigenvalue weighted by Crippen LogP contribution is -2.26. The quantitative estimate of drug-likeness (QED) is 0.532. The monoisotopic (exact) mass is 404 g/mol. The first-order valence-electron chi connectivity index (χ1n) is 9.22. The van der Waals surface area contributed by atoms with Crippen molar-refractivity contribution >= 4 is 23.1 Å². The van der Waals surface area contributed by atoms with Crippen molar-refractivity contribution in [3.63, 3.8) is 0 Å². The summed E-state index contributed by atoms with van der Waals surface area (Å²) >= 11 is 3.22. The van der Waals surface area contributed by atoms with Crippen LogP contribution in [0.4, 0.5) is 0 Å². The van der Waals surface area contributed by atoms with Crippen molar-refractivity contribution in [3.8, 4) is 10.8 Å². The summed E-state index contributed by atoms with van der Waals surface area (Å²) in [5, 5.41) is 12.8. The van der Waals surface area contributed by atoms with E-state index in [0.717, 1.165) is 23.6 Å². The van der Waals surface area contributed by atoms with Gasteiger partial charge in [0.2, 0.25) is 5.89 Å². The molecule has 0 aliphatic heterocycles. The third-order valence-electron chi connectivity index (χ3n) is 5.09. The van der Waals surface area contributed by atoms with Crippen molar-refractivity contribution in [2.24, 2.45) is 11.3 Å². The first-order chi connectivity index (χ1) is 12.8. The zero-order valence-electron chi connectivity index (χ0n) is 16.3. The molecule has 27 heavy (non-hydrogen) atoms. The minimum absolute atomic E-state index is 0.0383. The second-order valence-corrected chi connectivity index (χ2v) is 10.6. The first kappa shape index (κ1) is 18.7. The van der Waals surface area contributed by atoms with Crippen LogP contribution in [-0.2, 0) is 12.8 Å². The zero-order chi connectivity index (χ0) is 19.2. The van der Waals surface area contributed by atoms with E-state index in [1.165, 1.54) is 28.6 Å². The molecule has 144 valence electrons. The van der Waals surface area contributed by atoms with Crippen molar-refractivity contribution in [3.05, 3.63) is 28.2 Å². The Labute approximate surface area is 167 Å². The zero-order valence-corrected chi connectivity index (χ0v) is 17.9. The smallest absolute Gasteiger partial charge is 0.277 e. The van der Waals surface area contributed by atoms with Crippen molar-refractivity contribution in [1.82, 2.24) is 20.3 Å². The van der Waals surface area contributed by atoms with Crippen LogP contribution in [0, 0.1) is 18.3 Å². The Morgan fingerprint density at radius 3 is 2.81 bits per heavy atom. The van der Waals surface area contributed by atoms with Crippen LogP contribution in [0.25, 0.3) is 10.8 Å². The summed E-state index contributed by atoms with van der Waals surface area (Å²) in [6.07, 6.45) is 3.53. The van der Waals surface area contributed by atoms with E-state index in [1.807, 2.05) is 6.92 Å². The number of nitrogens with zero attached hydrogens (tertiary/aromatic N) is 4. The molecule has 0 amide bonds. The molecule has 1 aliphatic carbocycles. The second-order valence-electron chi connectivity index (χ2n) is 8.18. The second kappa shape index (κ2) is 7.05. The van der Waals surface area contributed by atoms with Crippen LogP contribution in [0.2, 0.25) is 0 Å². The third kappa shape index (κ3) is 3.96. The summed E-state index contributed by atoms with van der Waals surface area (Å²) in [7, 11) is 0. The molecular weight excluding hydrogens is 380 g/mol. The Balaban J connectivity index is 1.49. The number of rotatable bonds is 4. The molecule has 0 spiro atoms. The minimum Gasteiger partial charge on any atom is -0.410 e. The highest BCUT2D eigenvalue weighted by Gasteiger charge is 2.30. The minimum atomic E-state index is -0.0383. The highest BCUT2D eigenvalue weighted by Crippen LogP contribution is 2.43. The molecule has 0 saturated carbocycles. The topological polar surface area (TPSA) is 77.8 Å². The highest BCUT2D eigenvalue weighted by molar-refractivity contribution is 7.99. The molecule has 1 aliphatic rings. The van der Waals surface area contributed by atoms with Crippen molar-refractivity contribution < 1.29 is 8.94 Å². The molecule has 0 fully saturated rings. The predicted molar refractivity (Wildman–Crippen MR) is 106 cm³/mol. The average Bonchev–Trinajstić information content (AvgIpc) is 3.31. The lowest BCUT2D eigenvalue weighted by molar-refractivity contribution is 0.217. The van der Waals surface area contributed by atoms with E-state index in [9.17, 15) is 0 Å². The summed E-state index contributed by atoms with van der Waals surface area (Å²) < 4.78 is 11.1. The molecular formula is C19H24N4O2S2. The van der Waals surface area contributed by atoms with Gasteiger partial charge in [-0.2, -0.15) is 4.98 Å². The predicted octanol–water partition coefficient (Wildman–Crippen LogP) is 5.49. The Morgan fingerprint density at radius 1 is 1.30 bits per heavy atom. The van der Waals surface area contributed by atoms with Gasteiger partial charge in [0.15, 0.2) is 5.82 Å². The molecule has 2 unspecified atom stereocenters. The molecule has 0 saturated heterocycles. The summed E-state index contributed by atoms with van der Waals surface area (Å²) in [4.78, 5) is 6.79. The fourth-order valence-electron chi connectivity index (χ4n) is 3.41. The molecule has 3 aromatic heterocycles. The molecule has 0 N–H and O–H groups in total. The van der Waals surface area contributed by atoms with Crippen LogP contribution in [0.15, 0.2) is 20.2 Å². The van der Waals surface area contributed by atoms with Gasteiger partial charge in [-0.1, -0.05) is 37.7 Å². The van der Waals surface area contributed by atoms with E-state index in [0.29, 0.717) is 28.2 Å². The fraction of sp³-hybridized carbons (Fsp3) is 0.579. The van der Waals surface area contributed by atoms with E-state index >= 15 is 0 Å². The van der Waals surface area contributed by atoms with Gasteiger partial charge >= 0.3 is 0 Å². The van der Waals surface area contributed by atoms with E-state index in [1.54, 1.807) is 18.3 Å². The lowest BCUT2D eigenvalue weighted by Gasteiger charge is -2.33. The summed E-state index contributed by atoms with van der Waals surface area (Å²) in [5.74, 6) is 2.51. The SMILES string of the molecule is Cc1noc(C(C)Sc2nnc(-c3cc4c(s3)CCC(C(C)(C)C)C4)o2)n1. The van der Waals surface area contributed by atoms with Crippen LogP contribution in [0.3, 0.4) is 0 Å². The van der Waals surface area contributed by atoms with Gasteiger partial charge in [0.25, 0.3) is 11.1 Å². The molecule has 0 bridgehead atoms. The first-order valence-corrected chi connectivity index (χ1v) is 10.9. The largest absolute Gasteiger partial charge is 0.410 e. The van der Waals surface area contributed by atoms with Crippen LogP contribution in [-0.4, -0.2) is 20.3 Å². The maximum atomic E-state index is 5.90. The van der Waals surface area contributed by atoms with Crippen LogP contribution >= 0.6 is 23.1 Å². The van der Waals surface area contributed by atoms with Crippen molar-refractivity contribution in [1.29, 1.82) is 0 Å². The molecule has 6 nitrogen and oxygen atoms in total. The Bertz CT molecular complexity index is 938. The molecule has 4 rings (SSSR count). The summed E-state index contributed by atoms with van der Waals surface area (Å²) in [6.45, 7) is 10.8. The molecule has 0 aromatic carbocycles. The molecule has 0 radical (unpaired) electrons. The Hall–Kier alpha value is -1.67. The lowest BCUT2D eigenvalue weighted by atomic mass is 9.72. The highest BCUT2D eigenvalue weighted by atomic mass is 32.2. The van der Waals surface area contributed by atoms with E-state index in [2.05, 4.69) is 47.2 Å². The number of thioether (sulfide) groups is 1. The number of hydrogen-bond acceptors (Lipinski definition) is 8. The van der Waals surface area contributed by atoms with Crippen molar-refractivity contribution in [2.45, 2.75) is 64.4 Å². The van der Waals surface area contributed by atoms with Gasteiger partial charge in [0, 0.05) is 4.88 Å². The number of hydrogen-bond donors (Lipinski definition) is 0. The van der Waals surface area contributed by atoms with E-state index in [-0.39, 0.29) is 5.25 Å². The van der Waals surface area contributed by atoms with Crippen LogP contribution in [0.5, 0.6) is 0 Å². The van der Waals surface area contributed by atoms with Gasteiger partial charge in [0.1, 0.15) is 0 Å². The van der Waals surface area contributed by atoms with E-state index in [4.69, 9.17) is 8.94 Å². The third-order valence-corrected chi connectivity index (χ3v) is 7.24. The van der Waals surface area contributed by atoms with Gasteiger partial charge in [-0.05, 0) is 56.1 Å². The number of thiophene rings is 1. The fourth-order valence-corrected chi connectivity index (χ4v) is 5.25. The number of fused-ring (bicyclic) bond motifs is 1. The van der Waals surface area contributed by atoms with Gasteiger partial charge in [-0.25, -0.2) is 0 Å². The van der Waals surface area contributed by atoms with Gasteiger partial charge in [-0.15, -0.1) is 21.5 Å². The van der Waals surface area contributed by atoms with Crippen molar-refractivity contribution in [2.75, 3.05) is 0 Å².